The smallest absolute Gasteiger partial charge is 0.311 e. The molecule has 0 aromatic rings. The average Bonchev–Trinajstić information content (AvgIpc) is 2.34. The number of carboxylic acids is 1. The highest BCUT2D eigenvalue weighted by Gasteiger charge is 2.40. The first-order valence-corrected chi connectivity index (χ1v) is 7.20. The van der Waals surface area contributed by atoms with Crippen LogP contribution in [0.3, 0.4) is 0 Å². The van der Waals surface area contributed by atoms with Crippen LogP contribution in [0.15, 0.2) is 0 Å². The maximum absolute atomic E-state index is 11.6. The van der Waals surface area contributed by atoms with Gasteiger partial charge in [-0.15, -0.1) is 11.8 Å². The van der Waals surface area contributed by atoms with Crippen molar-refractivity contribution in [3.63, 3.8) is 0 Å². The molecule has 0 unspecified atom stereocenters. The molecular formula is C12H21NO4S. The molecule has 104 valence electrons. The van der Waals surface area contributed by atoms with E-state index in [1.165, 1.54) is 0 Å². The third-order valence-electron chi connectivity index (χ3n) is 3.08. The molecule has 1 aliphatic rings. The van der Waals surface area contributed by atoms with Gasteiger partial charge in [-0.2, -0.15) is 0 Å². The Morgan fingerprint density at radius 2 is 2.00 bits per heavy atom. The zero-order valence-corrected chi connectivity index (χ0v) is 11.7. The molecular weight excluding hydrogens is 254 g/mol. The number of amides is 1. The zero-order chi connectivity index (χ0) is 13.6. The molecule has 0 radical (unpaired) electrons. The second kappa shape index (κ2) is 6.99. The van der Waals surface area contributed by atoms with Gasteiger partial charge >= 0.3 is 5.97 Å². The topological polar surface area (TPSA) is 75.6 Å². The van der Waals surface area contributed by atoms with Gasteiger partial charge in [0.25, 0.3) is 0 Å². The standard InChI is InChI=1S/C12H21NO4S/c1-9(2)18-7-10(14)13-8-12(11(15)16)3-5-17-6-4-12/h9H,3-8H2,1-2H3,(H,13,14)(H,15,16). The van der Waals surface area contributed by atoms with Crippen LogP contribution in [-0.4, -0.2) is 47.7 Å². The quantitative estimate of drug-likeness (QED) is 0.760. The Labute approximate surface area is 112 Å². The van der Waals surface area contributed by atoms with Crippen molar-refractivity contribution >= 4 is 23.6 Å². The maximum atomic E-state index is 11.6. The fourth-order valence-corrected chi connectivity index (χ4v) is 2.38. The van der Waals surface area contributed by atoms with Crippen LogP contribution in [0.1, 0.15) is 26.7 Å². The predicted molar refractivity (Wildman–Crippen MR) is 70.7 cm³/mol. The van der Waals surface area contributed by atoms with E-state index >= 15 is 0 Å². The van der Waals surface area contributed by atoms with Gasteiger partial charge in [0.15, 0.2) is 0 Å². The van der Waals surface area contributed by atoms with E-state index < -0.39 is 11.4 Å². The van der Waals surface area contributed by atoms with Crippen molar-refractivity contribution in [2.75, 3.05) is 25.5 Å². The fourth-order valence-electron chi connectivity index (χ4n) is 1.79. The van der Waals surface area contributed by atoms with Crippen LogP contribution in [0, 0.1) is 5.41 Å². The number of hydrogen-bond donors (Lipinski definition) is 2. The SMILES string of the molecule is CC(C)SCC(=O)NCC1(C(=O)O)CCOCC1. The fraction of sp³-hybridized carbons (Fsp3) is 0.833. The second-order valence-corrected chi connectivity index (χ2v) is 6.40. The van der Waals surface area contributed by atoms with Crippen molar-refractivity contribution in [3.8, 4) is 0 Å². The van der Waals surface area contributed by atoms with Gasteiger partial charge in [0.1, 0.15) is 0 Å². The van der Waals surface area contributed by atoms with Gasteiger partial charge in [0, 0.05) is 19.8 Å². The minimum Gasteiger partial charge on any atom is -0.481 e. The molecule has 1 heterocycles. The highest BCUT2D eigenvalue weighted by atomic mass is 32.2. The molecule has 1 aliphatic heterocycles. The normalized spacial score (nSPS) is 18.6. The number of thioether (sulfide) groups is 1. The van der Waals surface area contributed by atoms with Crippen LogP contribution in [0.4, 0.5) is 0 Å². The van der Waals surface area contributed by atoms with Crippen LogP contribution < -0.4 is 5.32 Å². The summed E-state index contributed by atoms with van der Waals surface area (Å²) in [5.41, 5.74) is -0.851. The third-order valence-corrected chi connectivity index (χ3v) is 4.17. The highest BCUT2D eigenvalue weighted by Crippen LogP contribution is 2.30. The molecule has 0 aromatic carbocycles. The average molecular weight is 275 g/mol. The molecule has 0 bridgehead atoms. The van der Waals surface area contributed by atoms with Crippen LogP contribution in [-0.2, 0) is 14.3 Å². The minimum absolute atomic E-state index is 0.0965. The molecule has 2 N–H and O–H groups in total. The van der Waals surface area contributed by atoms with Crippen LogP contribution in [0.2, 0.25) is 0 Å². The van der Waals surface area contributed by atoms with Crippen molar-refractivity contribution < 1.29 is 19.4 Å². The Hall–Kier alpha value is -0.750. The number of aliphatic carboxylic acids is 1. The highest BCUT2D eigenvalue weighted by molar-refractivity contribution is 8.00. The molecule has 18 heavy (non-hydrogen) atoms. The molecule has 0 saturated carbocycles. The third kappa shape index (κ3) is 4.49. The van der Waals surface area contributed by atoms with Crippen molar-refractivity contribution in [1.29, 1.82) is 0 Å². The molecule has 1 amide bonds. The number of nitrogens with one attached hydrogen (secondary N) is 1. The molecule has 5 nitrogen and oxygen atoms in total. The molecule has 1 fully saturated rings. The van der Waals surface area contributed by atoms with Gasteiger partial charge in [-0.05, 0) is 18.1 Å². The second-order valence-electron chi connectivity index (χ2n) is 4.83. The number of carboxylic acid groups (broad SMARTS) is 1. The summed E-state index contributed by atoms with van der Waals surface area (Å²) in [6.45, 7) is 5.14. The largest absolute Gasteiger partial charge is 0.481 e. The first-order chi connectivity index (χ1) is 8.46. The van der Waals surface area contributed by atoms with E-state index in [1.54, 1.807) is 11.8 Å². The van der Waals surface area contributed by atoms with Crippen LogP contribution in [0.5, 0.6) is 0 Å². The molecule has 0 aliphatic carbocycles. The monoisotopic (exact) mass is 275 g/mol. The van der Waals surface area contributed by atoms with Crippen LogP contribution in [0.25, 0.3) is 0 Å². The lowest BCUT2D eigenvalue weighted by molar-refractivity contribution is -0.154. The van der Waals surface area contributed by atoms with E-state index in [0.717, 1.165) is 0 Å². The number of rotatable bonds is 6. The number of carbonyl (C=O) groups is 2. The van der Waals surface area contributed by atoms with Gasteiger partial charge in [-0.1, -0.05) is 13.8 Å². The summed E-state index contributed by atoms with van der Waals surface area (Å²) < 4.78 is 5.18. The lowest BCUT2D eigenvalue weighted by atomic mass is 9.80. The van der Waals surface area contributed by atoms with Gasteiger partial charge in [0.2, 0.25) is 5.91 Å². The summed E-state index contributed by atoms with van der Waals surface area (Å²) in [4.78, 5) is 22.9. The summed E-state index contributed by atoms with van der Waals surface area (Å²) in [7, 11) is 0. The summed E-state index contributed by atoms with van der Waals surface area (Å²) in [6, 6.07) is 0. The molecule has 0 spiro atoms. The summed E-state index contributed by atoms with van der Waals surface area (Å²) in [6.07, 6.45) is 0.917. The van der Waals surface area contributed by atoms with E-state index in [1.807, 2.05) is 13.8 Å². The van der Waals surface area contributed by atoms with Crippen molar-refractivity contribution in [3.05, 3.63) is 0 Å². The van der Waals surface area contributed by atoms with Gasteiger partial charge in [0.05, 0.1) is 11.2 Å². The molecule has 0 atom stereocenters. The molecule has 0 aromatic heterocycles. The molecule has 1 saturated heterocycles. The van der Waals surface area contributed by atoms with E-state index in [0.29, 0.717) is 37.1 Å². The summed E-state index contributed by atoms with van der Waals surface area (Å²) in [5.74, 6) is -0.562. The summed E-state index contributed by atoms with van der Waals surface area (Å²) >= 11 is 1.55. The number of ether oxygens (including phenoxy) is 1. The Bertz CT molecular complexity index is 300. The first-order valence-electron chi connectivity index (χ1n) is 6.16. The predicted octanol–water partition coefficient (Wildman–Crippen LogP) is 1.13. The van der Waals surface area contributed by atoms with Crippen molar-refractivity contribution in [2.24, 2.45) is 5.41 Å². The van der Waals surface area contributed by atoms with E-state index in [9.17, 15) is 14.7 Å². The Kier molecular flexibility index (Phi) is 5.95. The minimum atomic E-state index is -0.851. The van der Waals surface area contributed by atoms with Gasteiger partial charge in [-0.3, -0.25) is 9.59 Å². The van der Waals surface area contributed by atoms with Gasteiger partial charge < -0.3 is 15.2 Å². The maximum Gasteiger partial charge on any atom is 0.311 e. The van der Waals surface area contributed by atoms with Crippen molar-refractivity contribution in [2.45, 2.75) is 31.9 Å². The lowest BCUT2D eigenvalue weighted by Gasteiger charge is -2.33. The Morgan fingerprint density at radius 1 is 1.39 bits per heavy atom. The number of hydrogen-bond acceptors (Lipinski definition) is 4. The van der Waals surface area contributed by atoms with Gasteiger partial charge in [-0.25, -0.2) is 0 Å². The molecule has 1 rings (SSSR count). The van der Waals surface area contributed by atoms with E-state index in [-0.39, 0.29) is 12.5 Å². The van der Waals surface area contributed by atoms with Crippen molar-refractivity contribution in [1.82, 2.24) is 5.32 Å². The Balaban J connectivity index is 2.42. The summed E-state index contributed by atoms with van der Waals surface area (Å²) in [5, 5.41) is 12.4. The van der Waals surface area contributed by atoms with Crippen LogP contribution >= 0.6 is 11.8 Å². The first kappa shape index (κ1) is 15.3. The zero-order valence-electron chi connectivity index (χ0n) is 10.9. The van der Waals surface area contributed by atoms with E-state index in [2.05, 4.69) is 5.32 Å². The number of carbonyl (C=O) groups excluding carboxylic acids is 1. The van der Waals surface area contributed by atoms with E-state index in [4.69, 9.17) is 4.74 Å². The Morgan fingerprint density at radius 3 is 2.50 bits per heavy atom. The lowest BCUT2D eigenvalue weighted by Crippen LogP contribution is -2.47. The molecule has 6 heteroatoms.